The van der Waals surface area contributed by atoms with Crippen LogP contribution in [-0.2, 0) is 5.75 Å². The quantitative estimate of drug-likeness (QED) is 0.586. The van der Waals surface area contributed by atoms with Gasteiger partial charge in [-0.05, 0) is 43.3 Å². The number of para-hydroxylation sites is 2. The van der Waals surface area contributed by atoms with Gasteiger partial charge in [-0.3, -0.25) is 0 Å². The number of rotatable bonds is 3. The maximum absolute atomic E-state index is 5.69. The first-order valence-electron chi connectivity index (χ1n) is 6.43. The number of anilines is 1. The zero-order chi connectivity index (χ0) is 13.9. The lowest BCUT2D eigenvalue weighted by Crippen LogP contribution is -1.96. The number of aryl methyl sites for hydroxylation is 1. The summed E-state index contributed by atoms with van der Waals surface area (Å²) in [5.41, 5.74) is 10.4. The van der Waals surface area contributed by atoms with Crippen molar-refractivity contribution in [3.63, 3.8) is 0 Å². The van der Waals surface area contributed by atoms with E-state index in [4.69, 9.17) is 10.7 Å². The molecule has 100 valence electrons. The number of hydrogen-bond acceptors (Lipinski definition) is 4. The van der Waals surface area contributed by atoms with Crippen LogP contribution in [0.15, 0.2) is 53.4 Å². The summed E-state index contributed by atoms with van der Waals surface area (Å²) in [4.78, 5) is 10.5. The highest BCUT2D eigenvalue weighted by atomic mass is 32.2. The Bertz CT molecular complexity index is 738. The van der Waals surface area contributed by atoms with Crippen molar-refractivity contribution in [2.45, 2.75) is 17.6 Å². The summed E-state index contributed by atoms with van der Waals surface area (Å²) in [7, 11) is 0. The molecule has 0 fully saturated rings. The molecule has 0 bridgehead atoms. The van der Waals surface area contributed by atoms with Crippen molar-refractivity contribution in [3.05, 3.63) is 59.9 Å². The second-order valence-corrected chi connectivity index (χ2v) is 5.65. The topological polar surface area (TPSA) is 51.8 Å². The summed E-state index contributed by atoms with van der Waals surface area (Å²) in [5.74, 6) is 0.813. The van der Waals surface area contributed by atoms with E-state index in [2.05, 4.69) is 4.98 Å². The van der Waals surface area contributed by atoms with Crippen molar-refractivity contribution >= 4 is 28.5 Å². The number of hydrogen-bond donors (Lipinski definition) is 1. The maximum Gasteiger partial charge on any atom is 0.0890 e. The Morgan fingerprint density at radius 1 is 0.950 bits per heavy atom. The average molecular weight is 281 g/mol. The Hall–Kier alpha value is -2.07. The fourth-order valence-corrected chi connectivity index (χ4v) is 2.88. The fourth-order valence-electron chi connectivity index (χ4n) is 1.98. The number of benzene rings is 2. The summed E-state index contributed by atoms with van der Waals surface area (Å²) in [6.45, 7) is 2.01. The van der Waals surface area contributed by atoms with Gasteiger partial charge < -0.3 is 5.73 Å². The van der Waals surface area contributed by atoms with Crippen molar-refractivity contribution < 1.29 is 0 Å². The number of nitrogens with two attached hydrogens (primary N) is 1. The molecule has 0 saturated heterocycles. The number of nitrogen functional groups attached to an aromatic ring is 1. The van der Waals surface area contributed by atoms with Crippen LogP contribution in [0.5, 0.6) is 0 Å². The van der Waals surface area contributed by atoms with Crippen LogP contribution in [0.2, 0.25) is 0 Å². The van der Waals surface area contributed by atoms with Crippen LogP contribution >= 0.6 is 11.8 Å². The lowest BCUT2D eigenvalue weighted by molar-refractivity contribution is 1.08. The third kappa shape index (κ3) is 2.75. The summed E-state index contributed by atoms with van der Waals surface area (Å²) in [6, 6.07) is 15.9. The molecule has 0 amide bonds. The molecule has 3 aromatic rings. The molecule has 3 rings (SSSR count). The number of nitrogens with zero attached hydrogens (tertiary/aromatic N) is 2. The molecule has 0 atom stereocenters. The lowest BCUT2D eigenvalue weighted by Gasteiger charge is -2.06. The Morgan fingerprint density at radius 2 is 1.60 bits per heavy atom. The molecule has 0 saturated carbocycles. The molecule has 20 heavy (non-hydrogen) atoms. The second kappa shape index (κ2) is 5.51. The van der Waals surface area contributed by atoms with Gasteiger partial charge in [0, 0.05) is 16.3 Å². The van der Waals surface area contributed by atoms with Gasteiger partial charge in [-0.1, -0.05) is 12.1 Å². The van der Waals surface area contributed by atoms with Gasteiger partial charge in [-0.15, -0.1) is 11.8 Å². The van der Waals surface area contributed by atoms with E-state index in [1.807, 2.05) is 55.5 Å². The molecule has 2 aromatic carbocycles. The summed E-state index contributed by atoms with van der Waals surface area (Å²) in [5, 5.41) is 0. The first-order chi connectivity index (χ1) is 9.72. The van der Waals surface area contributed by atoms with Crippen LogP contribution < -0.4 is 5.73 Å². The highest BCUT2D eigenvalue weighted by molar-refractivity contribution is 7.98. The van der Waals surface area contributed by atoms with Crippen LogP contribution in [0, 0.1) is 6.92 Å². The van der Waals surface area contributed by atoms with Crippen LogP contribution in [0.1, 0.15) is 11.4 Å². The molecular formula is C16H15N3S. The van der Waals surface area contributed by atoms with Gasteiger partial charge in [0.05, 0.1) is 22.4 Å². The van der Waals surface area contributed by atoms with E-state index in [1.165, 1.54) is 4.90 Å². The van der Waals surface area contributed by atoms with Gasteiger partial charge >= 0.3 is 0 Å². The highest BCUT2D eigenvalue weighted by Crippen LogP contribution is 2.24. The molecule has 2 N–H and O–H groups in total. The lowest BCUT2D eigenvalue weighted by atomic mass is 10.2. The number of fused-ring (bicyclic) bond motifs is 1. The second-order valence-electron chi connectivity index (χ2n) is 4.60. The Labute approximate surface area is 122 Å². The van der Waals surface area contributed by atoms with E-state index in [0.29, 0.717) is 0 Å². The first kappa shape index (κ1) is 12.9. The Balaban J connectivity index is 1.83. The van der Waals surface area contributed by atoms with Gasteiger partial charge in [-0.2, -0.15) is 0 Å². The highest BCUT2D eigenvalue weighted by Gasteiger charge is 2.05. The van der Waals surface area contributed by atoms with E-state index >= 15 is 0 Å². The van der Waals surface area contributed by atoms with Gasteiger partial charge in [0.1, 0.15) is 0 Å². The molecule has 0 aliphatic rings. The van der Waals surface area contributed by atoms with Gasteiger partial charge in [0.15, 0.2) is 0 Å². The largest absolute Gasteiger partial charge is 0.399 e. The SMILES string of the molecule is Cc1nc2ccccc2nc1CSc1ccc(N)cc1. The first-order valence-corrected chi connectivity index (χ1v) is 7.41. The molecule has 4 heteroatoms. The van der Waals surface area contributed by atoms with Crippen LogP contribution in [-0.4, -0.2) is 9.97 Å². The third-order valence-corrected chi connectivity index (χ3v) is 4.12. The van der Waals surface area contributed by atoms with Gasteiger partial charge in [0.2, 0.25) is 0 Å². The van der Waals surface area contributed by atoms with E-state index in [0.717, 1.165) is 33.9 Å². The van der Waals surface area contributed by atoms with Crippen LogP contribution in [0.3, 0.4) is 0 Å². The number of thioether (sulfide) groups is 1. The Kier molecular flexibility index (Phi) is 3.56. The van der Waals surface area contributed by atoms with Crippen molar-refractivity contribution in [2.75, 3.05) is 5.73 Å². The smallest absolute Gasteiger partial charge is 0.0890 e. The Morgan fingerprint density at radius 3 is 2.30 bits per heavy atom. The average Bonchev–Trinajstić information content (AvgIpc) is 2.47. The fraction of sp³-hybridized carbons (Fsp3) is 0.125. The molecule has 0 aliphatic heterocycles. The minimum absolute atomic E-state index is 0.788. The molecular weight excluding hydrogens is 266 g/mol. The predicted molar refractivity (Wildman–Crippen MR) is 84.7 cm³/mol. The summed E-state index contributed by atoms with van der Waals surface area (Å²) in [6.07, 6.45) is 0. The summed E-state index contributed by atoms with van der Waals surface area (Å²) >= 11 is 1.75. The molecule has 0 aliphatic carbocycles. The molecule has 3 nitrogen and oxygen atoms in total. The van der Waals surface area contributed by atoms with E-state index in [1.54, 1.807) is 11.8 Å². The molecule has 0 unspecified atom stereocenters. The van der Waals surface area contributed by atoms with Gasteiger partial charge in [0.25, 0.3) is 0 Å². The van der Waals surface area contributed by atoms with E-state index < -0.39 is 0 Å². The normalized spacial score (nSPS) is 10.8. The van der Waals surface area contributed by atoms with Crippen LogP contribution in [0.25, 0.3) is 11.0 Å². The zero-order valence-corrected chi connectivity index (χ0v) is 12.0. The van der Waals surface area contributed by atoms with E-state index in [9.17, 15) is 0 Å². The minimum Gasteiger partial charge on any atom is -0.399 e. The van der Waals surface area contributed by atoms with E-state index in [-0.39, 0.29) is 0 Å². The van der Waals surface area contributed by atoms with Crippen LogP contribution in [0.4, 0.5) is 5.69 Å². The maximum atomic E-state index is 5.69. The minimum atomic E-state index is 0.788. The van der Waals surface area contributed by atoms with Crippen molar-refractivity contribution in [3.8, 4) is 0 Å². The molecule has 0 spiro atoms. The molecule has 1 heterocycles. The predicted octanol–water partition coefficient (Wildman–Crippen LogP) is 3.81. The van der Waals surface area contributed by atoms with Gasteiger partial charge in [-0.25, -0.2) is 9.97 Å². The molecule has 1 aromatic heterocycles. The standard InChI is InChI=1S/C16H15N3S/c1-11-16(10-20-13-8-6-12(17)7-9-13)19-15-5-3-2-4-14(15)18-11/h2-9H,10,17H2,1H3. The monoisotopic (exact) mass is 281 g/mol. The summed E-state index contributed by atoms with van der Waals surface area (Å²) < 4.78 is 0. The zero-order valence-electron chi connectivity index (χ0n) is 11.2. The molecule has 0 radical (unpaired) electrons. The number of aromatic nitrogens is 2. The third-order valence-electron chi connectivity index (χ3n) is 3.10. The van der Waals surface area contributed by atoms with Crippen molar-refractivity contribution in [1.29, 1.82) is 0 Å². The van der Waals surface area contributed by atoms with Crippen molar-refractivity contribution in [1.82, 2.24) is 9.97 Å². The van der Waals surface area contributed by atoms with Crippen molar-refractivity contribution in [2.24, 2.45) is 0 Å².